The van der Waals surface area contributed by atoms with E-state index in [2.05, 4.69) is 12.1 Å². The van der Waals surface area contributed by atoms with Crippen LogP contribution < -0.4 is 9.64 Å². The Morgan fingerprint density at radius 1 is 1.13 bits per heavy atom. The van der Waals surface area contributed by atoms with Crippen LogP contribution in [0.25, 0.3) is 0 Å². The molecule has 0 saturated carbocycles. The maximum Gasteiger partial charge on any atom is 0.238 e. The van der Waals surface area contributed by atoms with Gasteiger partial charge in [0.05, 0.1) is 19.8 Å². The number of carbonyl (C=O) groups excluding carboxylic acids is 1. The molecule has 4 rings (SSSR count). The zero-order chi connectivity index (χ0) is 15.9. The average molecular weight is 309 g/mol. The second kappa shape index (κ2) is 5.39. The Bertz CT molecular complexity index is 705. The van der Waals surface area contributed by atoms with Crippen LogP contribution in [0.15, 0.2) is 54.6 Å². The first kappa shape index (κ1) is 14.3. The molecule has 0 aliphatic carbocycles. The molecule has 0 bridgehead atoms. The molecule has 2 fully saturated rings. The van der Waals surface area contributed by atoms with Crippen LogP contribution in [0.2, 0.25) is 0 Å². The van der Waals surface area contributed by atoms with Gasteiger partial charge in [-0.2, -0.15) is 0 Å². The summed E-state index contributed by atoms with van der Waals surface area (Å²) in [5.41, 5.74) is 1.66. The van der Waals surface area contributed by atoms with Crippen molar-refractivity contribution in [2.75, 3.05) is 25.2 Å². The second-order valence-corrected chi connectivity index (χ2v) is 6.15. The first-order valence-electron chi connectivity index (χ1n) is 7.87. The fourth-order valence-electron chi connectivity index (χ4n) is 3.73. The van der Waals surface area contributed by atoms with E-state index in [1.165, 1.54) is 0 Å². The first-order chi connectivity index (χ1) is 11.3. The quantitative estimate of drug-likeness (QED) is 0.817. The summed E-state index contributed by atoms with van der Waals surface area (Å²) in [6.07, 6.45) is 0.790. The molecular weight excluding hydrogens is 290 g/mol. The van der Waals surface area contributed by atoms with Gasteiger partial charge in [0.15, 0.2) is 0 Å². The van der Waals surface area contributed by atoms with Crippen molar-refractivity contribution in [3.63, 3.8) is 0 Å². The largest absolute Gasteiger partial charge is 0.497 e. The molecule has 2 atom stereocenters. The summed E-state index contributed by atoms with van der Waals surface area (Å²) in [7, 11) is 1.64. The molecule has 2 aliphatic rings. The molecule has 1 spiro atoms. The lowest BCUT2D eigenvalue weighted by Crippen LogP contribution is -2.64. The van der Waals surface area contributed by atoms with Gasteiger partial charge < -0.3 is 14.4 Å². The summed E-state index contributed by atoms with van der Waals surface area (Å²) in [4.78, 5) is 14.8. The number of nitrogens with zero attached hydrogens (tertiary/aromatic N) is 1. The molecule has 4 nitrogen and oxygen atoms in total. The molecule has 2 aliphatic heterocycles. The van der Waals surface area contributed by atoms with Crippen molar-refractivity contribution in [1.29, 1.82) is 0 Å². The molecule has 118 valence electrons. The van der Waals surface area contributed by atoms with E-state index in [0.29, 0.717) is 13.2 Å². The van der Waals surface area contributed by atoms with Crippen LogP contribution >= 0.6 is 0 Å². The van der Waals surface area contributed by atoms with Gasteiger partial charge in [0.1, 0.15) is 11.2 Å². The Kier molecular flexibility index (Phi) is 3.34. The minimum absolute atomic E-state index is 0.0343. The van der Waals surface area contributed by atoms with Crippen LogP contribution in [-0.2, 0) is 9.53 Å². The number of anilines is 1. The average Bonchev–Trinajstić information content (AvgIpc) is 3.12. The van der Waals surface area contributed by atoms with E-state index in [-0.39, 0.29) is 11.9 Å². The predicted octanol–water partition coefficient (Wildman–Crippen LogP) is 3.19. The minimum Gasteiger partial charge on any atom is -0.497 e. The van der Waals surface area contributed by atoms with Gasteiger partial charge in [0, 0.05) is 12.3 Å². The molecule has 4 heteroatoms. The van der Waals surface area contributed by atoms with Crippen molar-refractivity contribution >= 4 is 11.6 Å². The number of hydrogen-bond acceptors (Lipinski definition) is 3. The Labute approximate surface area is 135 Å². The molecule has 0 N–H and O–H groups in total. The molecule has 1 amide bonds. The topological polar surface area (TPSA) is 38.8 Å². The monoisotopic (exact) mass is 309 g/mol. The molecule has 2 heterocycles. The molecule has 0 radical (unpaired) electrons. The number of β-lactam (4-membered cyclic amide) rings is 1. The summed E-state index contributed by atoms with van der Waals surface area (Å²) < 4.78 is 10.8. The van der Waals surface area contributed by atoms with Gasteiger partial charge in [-0.15, -0.1) is 0 Å². The van der Waals surface area contributed by atoms with E-state index in [1.54, 1.807) is 7.11 Å². The molecule has 2 aromatic rings. The number of amides is 1. The van der Waals surface area contributed by atoms with Gasteiger partial charge in [-0.25, -0.2) is 0 Å². The molecule has 2 saturated heterocycles. The lowest BCUT2D eigenvalue weighted by atomic mass is 9.67. The summed E-state index contributed by atoms with van der Waals surface area (Å²) >= 11 is 0. The van der Waals surface area contributed by atoms with Crippen molar-refractivity contribution in [2.45, 2.75) is 12.5 Å². The number of methoxy groups -OCH3 is 1. The van der Waals surface area contributed by atoms with Crippen LogP contribution in [-0.4, -0.2) is 26.2 Å². The van der Waals surface area contributed by atoms with Gasteiger partial charge >= 0.3 is 0 Å². The van der Waals surface area contributed by atoms with Crippen LogP contribution in [0.5, 0.6) is 5.75 Å². The SMILES string of the molecule is COc1ccc(N2C(=O)[C@@]3(CCOC3)[C@@H]2c2ccccc2)cc1. The number of hydrogen-bond donors (Lipinski definition) is 0. The van der Waals surface area contributed by atoms with Crippen LogP contribution in [0.3, 0.4) is 0 Å². The van der Waals surface area contributed by atoms with E-state index in [0.717, 1.165) is 23.4 Å². The predicted molar refractivity (Wildman–Crippen MR) is 87.5 cm³/mol. The lowest BCUT2D eigenvalue weighted by Gasteiger charge is -2.54. The van der Waals surface area contributed by atoms with Crippen LogP contribution in [0, 0.1) is 5.41 Å². The molecule has 23 heavy (non-hydrogen) atoms. The smallest absolute Gasteiger partial charge is 0.238 e. The highest BCUT2D eigenvalue weighted by molar-refractivity contribution is 6.06. The maximum atomic E-state index is 12.9. The van der Waals surface area contributed by atoms with Gasteiger partial charge in [0.2, 0.25) is 5.91 Å². The highest BCUT2D eigenvalue weighted by Gasteiger charge is 2.63. The van der Waals surface area contributed by atoms with Crippen molar-refractivity contribution < 1.29 is 14.3 Å². The standard InChI is InChI=1S/C19H19NO3/c1-22-16-9-7-15(8-10-16)20-17(14-5-3-2-4-6-14)19(18(20)21)11-12-23-13-19/h2-10,17H,11-13H2,1H3/t17-,19+/m0/s1. The normalized spacial score (nSPS) is 26.4. The third-order valence-electron chi connectivity index (χ3n) is 4.94. The third-order valence-corrected chi connectivity index (χ3v) is 4.94. The van der Waals surface area contributed by atoms with Gasteiger partial charge in [-0.1, -0.05) is 30.3 Å². The second-order valence-electron chi connectivity index (χ2n) is 6.15. The summed E-state index contributed by atoms with van der Waals surface area (Å²) in [5, 5.41) is 0. The van der Waals surface area contributed by atoms with E-state index < -0.39 is 5.41 Å². The zero-order valence-electron chi connectivity index (χ0n) is 13.1. The minimum atomic E-state index is -0.402. The summed E-state index contributed by atoms with van der Waals surface area (Å²) in [6.45, 7) is 1.17. The number of rotatable bonds is 3. The van der Waals surface area contributed by atoms with Gasteiger partial charge in [-0.05, 0) is 36.2 Å². The first-order valence-corrected chi connectivity index (χ1v) is 7.87. The van der Waals surface area contributed by atoms with Crippen LogP contribution in [0.4, 0.5) is 5.69 Å². The molecular formula is C19H19NO3. The van der Waals surface area contributed by atoms with Crippen molar-refractivity contribution in [3.8, 4) is 5.75 Å². The van der Waals surface area contributed by atoms with Crippen molar-refractivity contribution in [1.82, 2.24) is 0 Å². The fourth-order valence-corrected chi connectivity index (χ4v) is 3.73. The zero-order valence-corrected chi connectivity index (χ0v) is 13.1. The van der Waals surface area contributed by atoms with E-state index in [9.17, 15) is 4.79 Å². The highest BCUT2D eigenvalue weighted by Crippen LogP contribution is 2.56. The van der Waals surface area contributed by atoms with Crippen molar-refractivity contribution in [3.05, 3.63) is 60.2 Å². The Balaban J connectivity index is 1.74. The number of carbonyl (C=O) groups is 1. The van der Waals surface area contributed by atoms with E-state index >= 15 is 0 Å². The van der Waals surface area contributed by atoms with E-state index in [1.807, 2.05) is 47.4 Å². The number of benzene rings is 2. The van der Waals surface area contributed by atoms with Gasteiger partial charge in [-0.3, -0.25) is 4.79 Å². The highest BCUT2D eigenvalue weighted by atomic mass is 16.5. The van der Waals surface area contributed by atoms with E-state index in [4.69, 9.17) is 9.47 Å². The van der Waals surface area contributed by atoms with Crippen molar-refractivity contribution in [2.24, 2.45) is 5.41 Å². The summed E-state index contributed by atoms with van der Waals surface area (Å²) in [5.74, 6) is 0.950. The fraction of sp³-hybridized carbons (Fsp3) is 0.316. The summed E-state index contributed by atoms with van der Waals surface area (Å²) in [6, 6.07) is 17.9. The lowest BCUT2D eigenvalue weighted by molar-refractivity contribution is -0.140. The van der Waals surface area contributed by atoms with Gasteiger partial charge in [0.25, 0.3) is 0 Å². The van der Waals surface area contributed by atoms with Crippen LogP contribution in [0.1, 0.15) is 18.0 Å². The Morgan fingerprint density at radius 3 is 2.48 bits per heavy atom. The third kappa shape index (κ3) is 2.05. The Hall–Kier alpha value is -2.33. The molecule has 0 unspecified atom stereocenters. The molecule has 2 aromatic carbocycles. The molecule has 0 aromatic heterocycles. The maximum absolute atomic E-state index is 12.9. The Morgan fingerprint density at radius 2 is 1.87 bits per heavy atom. The number of ether oxygens (including phenoxy) is 2.